The Bertz CT molecular complexity index is 190. The van der Waals surface area contributed by atoms with E-state index in [4.69, 9.17) is 5.73 Å². The van der Waals surface area contributed by atoms with Gasteiger partial charge in [-0.1, -0.05) is 20.3 Å². The van der Waals surface area contributed by atoms with E-state index in [0.29, 0.717) is 6.04 Å². The van der Waals surface area contributed by atoms with Gasteiger partial charge in [0.2, 0.25) is 5.91 Å². The van der Waals surface area contributed by atoms with Crippen molar-refractivity contribution in [3.63, 3.8) is 0 Å². The van der Waals surface area contributed by atoms with Gasteiger partial charge in [0.1, 0.15) is 0 Å². The second kappa shape index (κ2) is 5.35. The van der Waals surface area contributed by atoms with Gasteiger partial charge in [-0.3, -0.25) is 4.79 Å². The van der Waals surface area contributed by atoms with Gasteiger partial charge < -0.3 is 10.6 Å². The van der Waals surface area contributed by atoms with Gasteiger partial charge in [-0.05, 0) is 25.7 Å². The van der Waals surface area contributed by atoms with Crippen molar-refractivity contribution >= 4 is 5.91 Å². The molecule has 1 amide bonds. The van der Waals surface area contributed by atoms with Crippen LogP contribution in [0.1, 0.15) is 46.0 Å². The zero-order valence-corrected chi connectivity index (χ0v) is 9.33. The van der Waals surface area contributed by atoms with Gasteiger partial charge in [0.25, 0.3) is 0 Å². The fourth-order valence-electron chi connectivity index (χ4n) is 1.75. The molecule has 3 heteroatoms. The Hall–Kier alpha value is -0.570. The van der Waals surface area contributed by atoms with Crippen LogP contribution in [0, 0.1) is 0 Å². The first-order valence-corrected chi connectivity index (χ1v) is 5.76. The van der Waals surface area contributed by atoms with Gasteiger partial charge in [-0.2, -0.15) is 0 Å². The summed E-state index contributed by atoms with van der Waals surface area (Å²) in [7, 11) is 0. The fraction of sp³-hybridized carbons (Fsp3) is 0.909. The average molecular weight is 198 g/mol. The molecule has 0 radical (unpaired) electrons. The lowest BCUT2D eigenvalue weighted by Crippen LogP contribution is -2.45. The normalized spacial score (nSPS) is 17.9. The molecule has 3 nitrogen and oxygen atoms in total. The molecule has 0 aromatic rings. The lowest BCUT2D eigenvalue weighted by Gasteiger charge is -2.25. The van der Waals surface area contributed by atoms with Crippen molar-refractivity contribution < 1.29 is 4.79 Å². The maximum atomic E-state index is 11.9. The number of rotatable bonds is 6. The number of carbonyl (C=O) groups excluding carboxylic acids is 1. The number of amides is 1. The Morgan fingerprint density at radius 1 is 1.43 bits per heavy atom. The predicted octanol–water partition coefficient (Wildman–Crippen LogP) is 1.51. The molecule has 0 aliphatic heterocycles. The third kappa shape index (κ3) is 2.98. The summed E-state index contributed by atoms with van der Waals surface area (Å²) >= 11 is 0. The van der Waals surface area contributed by atoms with E-state index in [9.17, 15) is 4.79 Å². The van der Waals surface area contributed by atoms with Crippen LogP contribution in [0.3, 0.4) is 0 Å². The van der Waals surface area contributed by atoms with Crippen LogP contribution in [0.5, 0.6) is 0 Å². The summed E-state index contributed by atoms with van der Waals surface area (Å²) in [4.78, 5) is 13.9. The van der Waals surface area contributed by atoms with Crippen LogP contribution in [0.25, 0.3) is 0 Å². The van der Waals surface area contributed by atoms with Gasteiger partial charge in [0.15, 0.2) is 0 Å². The number of nitrogens with two attached hydrogens (primary N) is 1. The minimum atomic E-state index is -0.271. The number of hydrogen-bond donors (Lipinski definition) is 1. The molecule has 1 aliphatic rings. The van der Waals surface area contributed by atoms with Gasteiger partial charge in [0.05, 0.1) is 6.04 Å². The largest absolute Gasteiger partial charge is 0.338 e. The van der Waals surface area contributed by atoms with Crippen molar-refractivity contribution in [3.8, 4) is 0 Å². The molecule has 0 unspecified atom stereocenters. The summed E-state index contributed by atoms with van der Waals surface area (Å²) in [6.07, 6.45) is 5.17. The summed E-state index contributed by atoms with van der Waals surface area (Å²) in [6.45, 7) is 5.04. The van der Waals surface area contributed by atoms with Crippen molar-refractivity contribution in [2.24, 2.45) is 5.73 Å². The molecule has 2 N–H and O–H groups in total. The first kappa shape index (κ1) is 11.5. The molecule has 1 aliphatic carbocycles. The minimum absolute atomic E-state index is 0.163. The van der Waals surface area contributed by atoms with Crippen LogP contribution >= 0.6 is 0 Å². The standard InChI is InChI=1S/C11H22N2O/c1-3-5-10(12)11(14)13(8-4-2)9-6-7-9/h9-10H,3-8,12H2,1-2H3/t10-/m0/s1. The first-order valence-electron chi connectivity index (χ1n) is 5.76. The fourth-order valence-corrected chi connectivity index (χ4v) is 1.75. The van der Waals surface area contributed by atoms with E-state index in [-0.39, 0.29) is 11.9 Å². The Kier molecular flexibility index (Phi) is 4.39. The Balaban J connectivity index is 2.44. The van der Waals surface area contributed by atoms with Crippen molar-refractivity contribution in [1.29, 1.82) is 0 Å². The second-order valence-corrected chi connectivity index (χ2v) is 4.16. The van der Waals surface area contributed by atoms with Crippen LogP contribution in [-0.4, -0.2) is 29.4 Å². The van der Waals surface area contributed by atoms with E-state index in [1.165, 1.54) is 12.8 Å². The number of hydrogen-bond acceptors (Lipinski definition) is 2. The maximum absolute atomic E-state index is 11.9. The SMILES string of the molecule is CCC[C@H](N)C(=O)N(CCC)C1CC1. The lowest BCUT2D eigenvalue weighted by atomic mass is 10.1. The summed E-state index contributed by atoms with van der Waals surface area (Å²) in [5.41, 5.74) is 5.83. The predicted molar refractivity (Wildman–Crippen MR) is 57.9 cm³/mol. The van der Waals surface area contributed by atoms with Gasteiger partial charge in [-0.25, -0.2) is 0 Å². The Morgan fingerprint density at radius 2 is 2.07 bits per heavy atom. The highest BCUT2D eigenvalue weighted by atomic mass is 16.2. The summed E-state index contributed by atoms with van der Waals surface area (Å²) in [5, 5.41) is 0. The number of nitrogens with zero attached hydrogens (tertiary/aromatic N) is 1. The van der Waals surface area contributed by atoms with E-state index in [1.807, 2.05) is 4.90 Å². The van der Waals surface area contributed by atoms with Crippen molar-refractivity contribution in [2.45, 2.75) is 58.0 Å². The smallest absolute Gasteiger partial charge is 0.239 e. The summed E-state index contributed by atoms with van der Waals surface area (Å²) in [5.74, 6) is 0.163. The molecular weight excluding hydrogens is 176 g/mol. The molecule has 1 atom stereocenters. The third-order valence-electron chi connectivity index (χ3n) is 2.65. The van der Waals surface area contributed by atoms with Gasteiger partial charge in [-0.15, -0.1) is 0 Å². The van der Waals surface area contributed by atoms with E-state index in [1.54, 1.807) is 0 Å². The first-order chi connectivity index (χ1) is 6.70. The molecule has 0 bridgehead atoms. The van der Waals surface area contributed by atoms with E-state index >= 15 is 0 Å². The van der Waals surface area contributed by atoms with Crippen molar-refractivity contribution in [1.82, 2.24) is 4.90 Å². The highest BCUT2D eigenvalue weighted by Gasteiger charge is 2.33. The minimum Gasteiger partial charge on any atom is -0.338 e. The van der Waals surface area contributed by atoms with Crippen LogP contribution in [0.4, 0.5) is 0 Å². The quantitative estimate of drug-likeness (QED) is 0.703. The molecular formula is C11H22N2O. The van der Waals surface area contributed by atoms with Crippen molar-refractivity contribution in [2.75, 3.05) is 6.54 Å². The maximum Gasteiger partial charge on any atom is 0.239 e. The van der Waals surface area contributed by atoms with Crippen molar-refractivity contribution in [3.05, 3.63) is 0 Å². The lowest BCUT2D eigenvalue weighted by molar-refractivity contribution is -0.133. The molecule has 1 rings (SSSR count). The van der Waals surface area contributed by atoms with E-state index < -0.39 is 0 Å². The highest BCUT2D eigenvalue weighted by Crippen LogP contribution is 2.27. The number of carbonyl (C=O) groups is 1. The second-order valence-electron chi connectivity index (χ2n) is 4.16. The van der Waals surface area contributed by atoms with Gasteiger partial charge >= 0.3 is 0 Å². The van der Waals surface area contributed by atoms with Crippen LogP contribution < -0.4 is 5.73 Å². The van der Waals surface area contributed by atoms with Crippen LogP contribution in [0.15, 0.2) is 0 Å². The van der Waals surface area contributed by atoms with Gasteiger partial charge in [0, 0.05) is 12.6 Å². The van der Waals surface area contributed by atoms with E-state index in [2.05, 4.69) is 13.8 Å². The molecule has 0 saturated heterocycles. The molecule has 14 heavy (non-hydrogen) atoms. The zero-order chi connectivity index (χ0) is 10.6. The topological polar surface area (TPSA) is 46.3 Å². The molecule has 82 valence electrons. The molecule has 1 saturated carbocycles. The monoisotopic (exact) mass is 198 g/mol. The Morgan fingerprint density at radius 3 is 2.50 bits per heavy atom. The molecule has 0 aromatic heterocycles. The van der Waals surface area contributed by atoms with Crippen LogP contribution in [0.2, 0.25) is 0 Å². The molecule has 0 aromatic carbocycles. The summed E-state index contributed by atoms with van der Waals surface area (Å²) < 4.78 is 0. The molecule has 0 heterocycles. The highest BCUT2D eigenvalue weighted by molar-refractivity contribution is 5.82. The molecule has 1 fully saturated rings. The average Bonchev–Trinajstić information content (AvgIpc) is 2.97. The molecule has 0 spiro atoms. The van der Waals surface area contributed by atoms with E-state index in [0.717, 1.165) is 25.8 Å². The van der Waals surface area contributed by atoms with Crippen LogP contribution in [-0.2, 0) is 4.79 Å². The summed E-state index contributed by atoms with van der Waals surface area (Å²) in [6, 6.07) is 0.234. The third-order valence-corrected chi connectivity index (χ3v) is 2.65. The zero-order valence-electron chi connectivity index (χ0n) is 9.33. The Labute approximate surface area is 86.6 Å².